The van der Waals surface area contributed by atoms with E-state index in [-0.39, 0.29) is 30.8 Å². The average molecular weight is 350 g/mol. The van der Waals surface area contributed by atoms with Gasteiger partial charge in [0, 0.05) is 19.1 Å². The van der Waals surface area contributed by atoms with E-state index in [1.165, 1.54) is 16.4 Å². The highest BCUT2D eigenvalue weighted by molar-refractivity contribution is 7.89. The van der Waals surface area contributed by atoms with Crippen LogP contribution < -0.4 is 5.32 Å². The van der Waals surface area contributed by atoms with Gasteiger partial charge in [-0.2, -0.15) is 17.5 Å². The lowest BCUT2D eigenvalue weighted by Gasteiger charge is -2.31. The third-order valence-electron chi connectivity index (χ3n) is 3.71. The van der Waals surface area contributed by atoms with Crippen molar-refractivity contribution in [2.24, 2.45) is 0 Å². The maximum absolute atomic E-state index is 12.4. The van der Waals surface area contributed by atoms with Crippen LogP contribution in [0.15, 0.2) is 29.2 Å². The number of carbonyl (C=O) groups excluding carboxylic acids is 1. The molecule has 1 aliphatic heterocycles. The van der Waals surface area contributed by atoms with Gasteiger partial charge in [-0.25, -0.2) is 8.42 Å². The normalized spacial score (nSPS) is 17.9. The summed E-state index contributed by atoms with van der Waals surface area (Å²) in [5, 5.41) is 1.89. The number of rotatable bonds is 3. The second-order valence-electron chi connectivity index (χ2n) is 5.46. The van der Waals surface area contributed by atoms with Crippen LogP contribution in [-0.4, -0.2) is 43.9 Å². The van der Waals surface area contributed by atoms with Crippen LogP contribution in [0, 0.1) is 6.92 Å². The molecule has 1 aromatic rings. The number of sulfonamides is 1. The molecular formula is C14H17F3N2O3S. The molecule has 0 aromatic heterocycles. The zero-order chi connectivity index (χ0) is 17.3. The molecule has 5 nitrogen and oxygen atoms in total. The number of nitrogens with one attached hydrogen (secondary N) is 1. The van der Waals surface area contributed by atoms with Crippen molar-refractivity contribution in [2.75, 3.05) is 13.1 Å². The first-order valence-electron chi connectivity index (χ1n) is 7.05. The first kappa shape index (κ1) is 17.7. The molecule has 1 saturated heterocycles. The number of hydrogen-bond donors (Lipinski definition) is 1. The van der Waals surface area contributed by atoms with Crippen LogP contribution >= 0.6 is 0 Å². The zero-order valence-electron chi connectivity index (χ0n) is 12.4. The summed E-state index contributed by atoms with van der Waals surface area (Å²) in [6, 6.07) is 5.70. The standard InChI is InChI=1S/C14H17F3N2O3S/c1-10-2-4-12(5-3-10)23(21,22)19-8-6-11(7-9-19)18-13(20)14(15,16)17/h2-5,11H,6-9H2,1H3,(H,18,20). The molecule has 9 heteroatoms. The van der Waals surface area contributed by atoms with Crippen molar-refractivity contribution in [3.05, 3.63) is 29.8 Å². The molecule has 128 valence electrons. The third kappa shape index (κ3) is 4.23. The van der Waals surface area contributed by atoms with E-state index in [0.717, 1.165) is 5.56 Å². The fraction of sp³-hybridized carbons (Fsp3) is 0.500. The van der Waals surface area contributed by atoms with Crippen molar-refractivity contribution in [3.8, 4) is 0 Å². The lowest BCUT2D eigenvalue weighted by molar-refractivity contribution is -0.174. The second kappa shape index (κ2) is 6.48. The fourth-order valence-electron chi connectivity index (χ4n) is 2.37. The number of nitrogens with zero attached hydrogens (tertiary/aromatic N) is 1. The molecule has 1 fully saturated rings. The first-order chi connectivity index (χ1) is 10.6. The average Bonchev–Trinajstić information content (AvgIpc) is 2.47. The molecule has 0 aliphatic carbocycles. The van der Waals surface area contributed by atoms with Crippen LogP contribution in [-0.2, 0) is 14.8 Å². The minimum absolute atomic E-state index is 0.0685. The summed E-state index contributed by atoms with van der Waals surface area (Å²) in [6.45, 7) is 1.98. The van der Waals surface area contributed by atoms with Gasteiger partial charge in [0.15, 0.2) is 0 Å². The fourth-order valence-corrected chi connectivity index (χ4v) is 3.84. The number of aryl methyl sites for hydroxylation is 1. The van der Waals surface area contributed by atoms with E-state index < -0.39 is 28.1 Å². The maximum Gasteiger partial charge on any atom is 0.471 e. The zero-order valence-corrected chi connectivity index (χ0v) is 13.2. The van der Waals surface area contributed by atoms with E-state index in [1.54, 1.807) is 12.1 Å². The highest BCUT2D eigenvalue weighted by atomic mass is 32.2. The summed E-state index contributed by atoms with van der Waals surface area (Å²) >= 11 is 0. The molecule has 2 rings (SSSR count). The second-order valence-corrected chi connectivity index (χ2v) is 7.40. The molecule has 1 amide bonds. The lowest BCUT2D eigenvalue weighted by Crippen LogP contribution is -2.49. The number of hydrogen-bond acceptors (Lipinski definition) is 3. The monoisotopic (exact) mass is 350 g/mol. The summed E-state index contributed by atoms with van der Waals surface area (Å²) in [4.78, 5) is 11.1. The van der Waals surface area contributed by atoms with Gasteiger partial charge in [-0.3, -0.25) is 4.79 Å². The number of piperidine rings is 1. The molecule has 1 aliphatic rings. The van der Waals surface area contributed by atoms with E-state index in [2.05, 4.69) is 0 Å². The van der Waals surface area contributed by atoms with Crippen LogP contribution in [0.4, 0.5) is 13.2 Å². The van der Waals surface area contributed by atoms with Crippen LogP contribution in [0.2, 0.25) is 0 Å². The van der Waals surface area contributed by atoms with Gasteiger partial charge in [-0.15, -0.1) is 0 Å². The van der Waals surface area contributed by atoms with E-state index in [1.807, 2.05) is 12.2 Å². The van der Waals surface area contributed by atoms with Gasteiger partial charge in [-0.1, -0.05) is 17.7 Å². The maximum atomic E-state index is 12.4. The van der Waals surface area contributed by atoms with Gasteiger partial charge in [0.05, 0.1) is 4.90 Å². The Kier molecular flexibility index (Phi) is 5.00. The Morgan fingerprint density at radius 3 is 2.17 bits per heavy atom. The Balaban J connectivity index is 1.98. The summed E-state index contributed by atoms with van der Waals surface area (Å²) in [5.74, 6) is -1.99. The van der Waals surface area contributed by atoms with Crippen molar-refractivity contribution < 1.29 is 26.4 Å². The first-order valence-corrected chi connectivity index (χ1v) is 8.49. The minimum Gasteiger partial charge on any atom is -0.345 e. The van der Waals surface area contributed by atoms with Gasteiger partial charge in [0.2, 0.25) is 10.0 Å². The van der Waals surface area contributed by atoms with Crippen molar-refractivity contribution in [1.82, 2.24) is 9.62 Å². The van der Waals surface area contributed by atoms with Crippen LogP contribution in [0.5, 0.6) is 0 Å². The van der Waals surface area contributed by atoms with Gasteiger partial charge < -0.3 is 5.32 Å². The molecule has 1 heterocycles. The number of halogens is 3. The SMILES string of the molecule is Cc1ccc(S(=O)(=O)N2CCC(NC(=O)C(F)(F)F)CC2)cc1. The summed E-state index contributed by atoms with van der Waals surface area (Å²) in [7, 11) is -3.66. The van der Waals surface area contributed by atoms with Crippen LogP contribution in [0.25, 0.3) is 0 Å². The third-order valence-corrected chi connectivity index (χ3v) is 5.62. The van der Waals surface area contributed by atoms with Crippen molar-refractivity contribution in [3.63, 3.8) is 0 Å². The summed E-state index contributed by atoms with van der Waals surface area (Å²) in [5.41, 5.74) is 0.928. The Morgan fingerprint density at radius 2 is 1.70 bits per heavy atom. The molecule has 1 N–H and O–H groups in total. The van der Waals surface area contributed by atoms with Crippen LogP contribution in [0.1, 0.15) is 18.4 Å². The Hall–Kier alpha value is -1.61. The number of alkyl halides is 3. The van der Waals surface area contributed by atoms with Crippen molar-refractivity contribution in [2.45, 2.75) is 36.9 Å². The van der Waals surface area contributed by atoms with E-state index in [9.17, 15) is 26.4 Å². The topological polar surface area (TPSA) is 66.5 Å². The predicted octanol–water partition coefficient (Wildman–Crippen LogP) is 1.83. The number of amides is 1. The molecule has 0 atom stereocenters. The smallest absolute Gasteiger partial charge is 0.345 e. The lowest BCUT2D eigenvalue weighted by atomic mass is 10.1. The molecule has 0 spiro atoms. The van der Waals surface area contributed by atoms with E-state index in [0.29, 0.717) is 0 Å². The minimum atomic E-state index is -4.93. The molecule has 0 saturated carbocycles. The molecule has 0 unspecified atom stereocenters. The Labute approximate surface area is 132 Å². The van der Waals surface area contributed by atoms with Gasteiger partial charge in [0.25, 0.3) is 0 Å². The van der Waals surface area contributed by atoms with Gasteiger partial charge >= 0.3 is 12.1 Å². The van der Waals surface area contributed by atoms with E-state index >= 15 is 0 Å². The van der Waals surface area contributed by atoms with Gasteiger partial charge in [-0.05, 0) is 31.9 Å². The van der Waals surface area contributed by atoms with Crippen molar-refractivity contribution >= 4 is 15.9 Å². The molecule has 1 aromatic carbocycles. The highest BCUT2D eigenvalue weighted by Gasteiger charge is 2.40. The number of benzene rings is 1. The van der Waals surface area contributed by atoms with Crippen LogP contribution in [0.3, 0.4) is 0 Å². The van der Waals surface area contributed by atoms with Crippen molar-refractivity contribution in [1.29, 1.82) is 0 Å². The summed E-state index contributed by atoms with van der Waals surface area (Å²) in [6.07, 6.45) is -4.63. The largest absolute Gasteiger partial charge is 0.471 e. The molecular weight excluding hydrogens is 333 g/mol. The molecule has 0 bridgehead atoms. The summed E-state index contributed by atoms with van der Waals surface area (Å²) < 4.78 is 62.7. The highest BCUT2D eigenvalue weighted by Crippen LogP contribution is 2.22. The molecule has 23 heavy (non-hydrogen) atoms. The van der Waals surface area contributed by atoms with Gasteiger partial charge in [0.1, 0.15) is 0 Å². The van der Waals surface area contributed by atoms with E-state index in [4.69, 9.17) is 0 Å². The number of carbonyl (C=O) groups is 1. The quantitative estimate of drug-likeness (QED) is 0.904. The Morgan fingerprint density at radius 1 is 1.17 bits per heavy atom. The Bertz CT molecular complexity index is 664. The molecule has 0 radical (unpaired) electrons. The predicted molar refractivity (Wildman–Crippen MR) is 77.2 cm³/mol.